The number of nitrogens with one attached hydrogen (secondary N) is 1. The van der Waals surface area contributed by atoms with Crippen LogP contribution >= 0.6 is 0 Å². The van der Waals surface area contributed by atoms with Crippen molar-refractivity contribution in [3.8, 4) is 0 Å². The molecule has 1 aromatic rings. The predicted molar refractivity (Wildman–Crippen MR) is 159 cm³/mol. The van der Waals surface area contributed by atoms with Gasteiger partial charge in [0, 0.05) is 25.9 Å². The van der Waals surface area contributed by atoms with Gasteiger partial charge in [-0.1, -0.05) is 85.7 Å². The van der Waals surface area contributed by atoms with Crippen molar-refractivity contribution in [1.82, 2.24) is 15.1 Å². The van der Waals surface area contributed by atoms with E-state index in [1.807, 2.05) is 86.0 Å². The van der Waals surface area contributed by atoms with Crippen molar-refractivity contribution >= 4 is 17.6 Å². The van der Waals surface area contributed by atoms with Crippen molar-refractivity contribution in [2.75, 3.05) is 33.7 Å². The fourth-order valence-corrected chi connectivity index (χ4v) is 4.58. The average molecular weight is 546 g/mol. The van der Waals surface area contributed by atoms with Crippen molar-refractivity contribution in [2.45, 2.75) is 93.2 Å². The first-order valence-electron chi connectivity index (χ1n) is 14.4. The molecule has 1 rings (SSSR count). The Morgan fingerprint density at radius 1 is 0.974 bits per heavy atom. The van der Waals surface area contributed by atoms with Gasteiger partial charge in [-0.05, 0) is 55.2 Å². The molecule has 3 atom stereocenters. The summed E-state index contributed by atoms with van der Waals surface area (Å²) in [6.45, 7) is 17.1. The van der Waals surface area contributed by atoms with Gasteiger partial charge in [0.15, 0.2) is 5.78 Å². The lowest BCUT2D eigenvalue weighted by molar-refractivity contribution is -0.136. The van der Waals surface area contributed by atoms with Crippen LogP contribution in [0.25, 0.3) is 0 Å². The van der Waals surface area contributed by atoms with Gasteiger partial charge < -0.3 is 20.2 Å². The zero-order valence-corrected chi connectivity index (χ0v) is 26.2. The molecule has 0 aromatic heterocycles. The van der Waals surface area contributed by atoms with E-state index < -0.39 is 23.5 Å². The number of hydrogen-bond acceptors (Lipinski definition) is 5. The van der Waals surface area contributed by atoms with E-state index in [0.717, 1.165) is 12.0 Å². The van der Waals surface area contributed by atoms with Crippen LogP contribution in [0, 0.1) is 22.7 Å². The summed E-state index contributed by atoms with van der Waals surface area (Å²) in [7, 11) is 3.62. The second-order valence-electron chi connectivity index (χ2n) is 14.1. The standard InChI is InChI=1S/C32H55N3O4/c1-23(2)16-17-35(29(39)20-31(3,4)5)21-27(37)25(18-24-14-12-11-13-15-24)19-26(36)30(32(6,7)8)33-28(38)22-34(9)10/h11-15,23,25,27,30,37H,16-22H2,1-10H3,(H,33,38). The summed E-state index contributed by atoms with van der Waals surface area (Å²) < 4.78 is 0. The number of Topliss-reactive ketones (excluding diaryl/α,β-unsaturated/α-hetero) is 1. The second-order valence-corrected chi connectivity index (χ2v) is 14.1. The molecule has 1 aromatic carbocycles. The maximum atomic E-state index is 13.7. The monoisotopic (exact) mass is 545 g/mol. The Hall–Kier alpha value is -2.25. The lowest BCUT2D eigenvalue weighted by Crippen LogP contribution is -2.52. The molecule has 0 saturated carbocycles. The number of aliphatic hydroxyl groups excluding tert-OH is 1. The van der Waals surface area contributed by atoms with Crippen LogP contribution in [0.2, 0.25) is 0 Å². The third-order valence-electron chi connectivity index (χ3n) is 6.72. The quantitative estimate of drug-likeness (QED) is 0.337. The van der Waals surface area contributed by atoms with Gasteiger partial charge in [0.25, 0.3) is 0 Å². The van der Waals surface area contributed by atoms with Crippen LogP contribution in [0.15, 0.2) is 30.3 Å². The van der Waals surface area contributed by atoms with Crippen LogP contribution in [-0.4, -0.2) is 78.4 Å². The van der Waals surface area contributed by atoms with Gasteiger partial charge in [0.2, 0.25) is 11.8 Å². The lowest BCUT2D eigenvalue weighted by Gasteiger charge is -2.34. The van der Waals surface area contributed by atoms with E-state index >= 15 is 0 Å². The van der Waals surface area contributed by atoms with Crippen molar-refractivity contribution in [1.29, 1.82) is 0 Å². The second kappa shape index (κ2) is 15.5. The fraction of sp³-hybridized carbons (Fsp3) is 0.719. The molecule has 0 spiro atoms. The zero-order chi connectivity index (χ0) is 30.0. The van der Waals surface area contributed by atoms with E-state index in [1.54, 1.807) is 9.80 Å². The van der Waals surface area contributed by atoms with Crippen LogP contribution in [0.3, 0.4) is 0 Å². The van der Waals surface area contributed by atoms with Crippen LogP contribution < -0.4 is 5.32 Å². The highest BCUT2D eigenvalue weighted by Gasteiger charge is 2.36. The summed E-state index contributed by atoms with van der Waals surface area (Å²) in [5.41, 5.74) is 0.364. The molecule has 7 heteroatoms. The van der Waals surface area contributed by atoms with Gasteiger partial charge in [0.1, 0.15) is 0 Å². The molecule has 0 saturated heterocycles. The highest BCUT2D eigenvalue weighted by molar-refractivity contribution is 5.90. The van der Waals surface area contributed by atoms with Gasteiger partial charge in [-0.25, -0.2) is 0 Å². The third-order valence-corrected chi connectivity index (χ3v) is 6.72. The Balaban J connectivity index is 3.23. The summed E-state index contributed by atoms with van der Waals surface area (Å²) in [6, 6.07) is 9.13. The molecule has 0 aliphatic rings. The Morgan fingerprint density at radius 3 is 2.05 bits per heavy atom. The molecule has 0 aliphatic heterocycles. The Labute approximate surface area is 237 Å². The molecular weight excluding hydrogens is 490 g/mol. The first-order chi connectivity index (χ1) is 17.9. The third kappa shape index (κ3) is 14.1. The number of hydrogen-bond donors (Lipinski definition) is 2. The summed E-state index contributed by atoms with van der Waals surface area (Å²) >= 11 is 0. The van der Waals surface area contributed by atoms with Gasteiger partial charge >= 0.3 is 0 Å². The van der Waals surface area contributed by atoms with E-state index in [9.17, 15) is 19.5 Å². The molecule has 2 amide bonds. The SMILES string of the molecule is CC(C)CCN(CC(O)C(CC(=O)C(NC(=O)CN(C)C)C(C)(C)C)Cc1ccccc1)C(=O)CC(C)(C)C. The normalized spacial score (nSPS) is 14.7. The molecule has 0 aliphatic carbocycles. The van der Waals surface area contributed by atoms with Crippen LogP contribution in [-0.2, 0) is 20.8 Å². The van der Waals surface area contributed by atoms with Crippen molar-refractivity contribution in [3.05, 3.63) is 35.9 Å². The highest BCUT2D eigenvalue weighted by atomic mass is 16.3. The molecule has 3 unspecified atom stereocenters. The topological polar surface area (TPSA) is 89.9 Å². The molecule has 0 fully saturated rings. The van der Waals surface area contributed by atoms with E-state index in [2.05, 4.69) is 19.2 Å². The maximum Gasteiger partial charge on any atom is 0.234 e. The number of likely N-dealkylation sites (N-methyl/N-ethyl adjacent to an activating group) is 1. The van der Waals surface area contributed by atoms with Crippen molar-refractivity contribution in [3.63, 3.8) is 0 Å². The molecule has 39 heavy (non-hydrogen) atoms. The van der Waals surface area contributed by atoms with Gasteiger partial charge in [-0.15, -0.1) is 0 Å². The molecule has 7 nitrogen and oxygen atoms in total. The maximum absolute atomic E-state index is 13.7. The molecule has 0 radical (unpaired) electrons. The van der Waals surface area contributed by atoms with E-state index in [4.69, 9.17) is 0 Å². The van der Waals surface area contributed by atoms with E-state index in [1.165, 1.54) is 0 Å². The molecule has 0 heterocycles. The number of aliphatic hydroxyl groups is 1. The van der Waals surface area contributed by atoms with E-state index in [-0.39, 0.29) is 42.5 Å². The summed E-state index contributed by atoms with van der Waals surface area (Å²) in [5, 5.41) is 14.5. The largest absolute Gasteiger partial charge is 0.391 e. The number of benzene rings is 1. The highest BCUT2D eigenvalue weighted by Crippen LogP contribution is 2.26. The minimum Gasteiger partial charge on any atom is -0.391 e. The fourth-order valence-electron chi connectivity index (χ4n) is 4.58. The number of amides is 2. The van der Waals surface area contributed by atoms with Crippen molar-refractivity contribution in [2.24, 2.45) is 22.7 Å². The van der Waals surface area contributed by atoms with Crippen molar-refractivity contribution < 1.29 is 19.5 Å². The minimum atomic E-state index is -0.886. The first-order valence-corrected chi connectivity index (χ1v) is 14.4. The summed E-state index contributed by atoms with van der Waals surface area (Å²) in [5.74, 6) is -0.271. The average Bonchev–Trinajstić information content (AvgIpc) is 2.77. The van der Waals surface area contributed by atoms with Crippen LogP contribution in [0.5, 0.6) is 0 Å². The Bertz CT molecular complexity index is 900. The number of carbonyl (C=O) groups is 3. The van der Waals surface area contributed by atoms with Crippen LogP contribution in [0.1, 0.15) is 80.2 Å². The first kappa shape index (κ1) is 34.8. The lowest BCUT2D eigenvalue weighted by atomic mass is 9.79. The molecular formula is C32H55N3O4. The summed E-state index contributed by atoms with van der Waals surface area (Å²) in [6.07, 6.45) is 0.954. The number of ketones is 1. The molecule has 0 bridgehead atoms. The van der Waals surface area contributed by atoms with E-state index in [0.29, 0.717) is 25.3 Å². The predicted octanol–water partition coefficient (Wildman–Crippen LogP) is 4.57. The smallest absolute Gasteiger partial charge is 0.234 e. The Kier molecular flexibility index (Phi) is 13.8. The Morgan fingerprint density at radius 2 is 1.56 bits per heavy atom. The van der Waals surface area contributed by atoms with Gasteiger partial charge in [0.05, 0.1) is 18.7 Å². The molecule has 2 N–H and O–H groups in total. The minimum absolute atomic E-state index is 0.0236. The van der Waals surface area contributed by atoms with Gasteiger partial charge in [-0.2, -0.15) is 0 Å². The zero-order valence-electron chi connectivity index (χ0n) is 26.2. The number of carbonyl (C=O) groups excluding carboxylic acids is 3. The van der Waals surface area contributed by atoms with Gasteiger partial charge in [-0.3, -0.25) is 14.4 Å². The number of nitrogens with zero attached hydrogens (tertiary/aromatic N) is 2. The number of rotatable bonds is 15. The summed E-state index contributed by atoms with van der Waals surface area (Å²) in [4.78, 5) is 43.1. The van der Waals surface area contributed by atoms with Crippen LogP contribution in [0.4, 0.5) is 0 Å². The molecule has 222 valence electrons.